The Kier molecular flexibility index (Phi) is 8.96. The maximum absolute atomic E-state index is 5.89. The number of nitrogens with zero attached hydrogens (tertiary/aromatic N) is 3. The van der Waals surface area contributed by atoms with Crippen molar-refractivity contribution in [2.45, 2.75) is 40.4 Å². The number of hydrogen-bond acceptors (Lipinski definition) is 6. The fraction of sp³-hybridized carbons (Fsp3) is 0.382. The molecule has 1 aromatic heterocycles. The number of aromatic nitrogens is 2. The minimum Gasteiger partial charge on any atom is -0.497 e. The van der Waals surface area contributed by atoms with Gasteiger partial charge in [-0.2, -0.15) is 0 Å². The van der Waals surface area contributed by atoms with Gasteiger partial charge in [0.1, 0.15) is 24.8 Å². The average molecular weight is 556 g/mol. The Hall–Kier alpha value is -3.81. The van der Waals surface area contributed by atoms with Crippen LogP contribution in [0.15, 0.2) is 72.8 Å². The summed E-state index contributed by atoms with van der Waals surface area (Å²) in [5.74, 6) is 3.40. The molecule has 41 heavy (non-hydrogen) atoms. The lowest BCUT2D eigenvalue weighted by Gasteiger charge is -2.31. The minimum absolute atomic E-state index is 0.0910. The van der Waals surface area contributed by atoms with Crippen LogP contribution in [0.2, 0.25) is 0 Å². The molecule has 216 valence electrons. The predicted octanol–water partition coefficient (Wildman–Crippen LogP) is 6.69. The van der Waals surface area contributed by atoms with E-state index < -0.39 is 0 Å². The van der Waals surface area contributed by atoms with Gasteiger partial charge in [0.15, 0.2) is 11.5 Å². The van der Waals surface area contributed by atoms with Gasteiger partial charge in [-0.05, 0) is 47.4 Å². The van der Waals surface area contributed by atoms with Gasteiger partial charge in [0.2, 0.25) is 0 Å². The SMILES string of the molecule is COCCn1c(-c2ccccc2)nc(-c2ccc(OC)cc2)c1CN(Cc1ccc2c(c1)OCCO2)CC(C)(C)C. The van der Waals surface area contributed by atoms with E-state index in [1.807, 2.05) is 24.3 Å². The number of fused-ring (bicyclic) bond motifs is 1. The van der Waals surface area contributed by atoms with E-state index in [2.05, 4.69) is 78.8 Å². The molecule has 7 heteroatoms. The standard InChI is InChI=1S/C34H41N3O4/c1-34(2,3)24-36(22-25-11-16-30-31(21-25)41-20-19-40-30)23-29-32(26-12-14-28(39-5)15-13-26)35-33(37(29)17-18-38-4)27-9-7-6-8-10-27/h6-16,21H,17-20,22-24H2,1-5H3. The van der Waals surface area contributed by atoms with Crippen molar-refractivity contribution in [3.05, 3.63) is 84.1 Å². The summed E-state index contributed by atoms with van der Waals surface area (Å²) in [4.78, 5) is 7.78. The van der Waals surface area contributed by atoms with Crippen molar-refractivity contribution in [1.82, 2.24) is 14.5 Å². The van der Waals surface area contributed by atoms with Gasteiger partial charge in [0, 0.05) is 44.4 Å². The summed E-state index contributed by atoms with van der Waals surface area (Å²) >= 11 is 0. The summed E-state index contributed by atoms with van der Waals surface area (Å²) in [5.41, 5.74) is 5.56. The lowest BCUT2D eigenvalue weighted by molar-refractivity contribution is 0.163. The largest absolute Gasteiger partial charge is 0.497 e. The maximum Gasteiger partial charge on any atom is 0.161 e. The molecule has 0 radical (unpaired) electrons. The lowest BCUT2D eigenvalue weighted by Crippen LogP contribution is -2.33. The van der Waals surface area contributed by atoms with Gasteiger partial charge in [0.25, 0.3) is 0 Å². The van der Waals surface area contributed by atoms with E-state index in [1.165, 1.54) is 5.56 Å². The first-order chi connectivity index (χ1) is 19.8. The molecule has 1 aliphatic heterocycles. The fourth-order valence-electron chi connectivity index (χ4n) is 5.35. The smallest absolute Gasteiger partial charge is 0.161 e. The molecule has 3 aromatic carbocycles. The van der Waals surface area contributed by atoms with Crippen LogP contribution in [0.3, 0.4) is 0 Å². The zero-order valence-corrected chi connectivity index (χ0v) is 24.9. The van der Waals surface area contributed by atoms with Crippen LogP contribution in [0.4, 0.5) is 0 Å². The van der Waals surface area contributed by atoms with Crippen molar-refractivity contribution in [1.29, 1.82) is 0 Å². The Balaban J connectivity index is 1.59. The van der Waals surface area contributed by atoms with Crippen molar-refractivity contribution in [3.63, 3.8) is 0 Å². The van der Waals surface area contributed by atoms with E-state index in [0.29, 0.717) is 26.4 Å². The van der Waals surface area contributed by atoms with Gasteiger partial charge >= 0.3 is 0 Å². The summed E-state index contributed by atoms with van der Waals surface area (Å²) in [6.45, 7) is 11.7. The molecule has 0 unspecified atom stereocenters. The zero-order valence-electron chi connectivity index (χ0n) is 24.9. The summed E-state index contributed by atoms with van der Waals surface area (Å²) in [6.07, 6.45) is 0. The average Bonchev–Trinajstić information content (AvgIpc) is 3.33. The van der Waals surface area contributed by atoms with Crippen molar-refractivity contribution in [2.75, 3.05) is 40.6 Å². The highest BCUT2D eigenvalue weighted by atomic mass is 16.6. The summed E-state index contributed by atoms with van der Waals surface area (Å²) < 4.78 is 25.0. The van der Waals surface area contributed by atoms with Crippen LogP contribution in [0.5, 0.6) is 17.2 Å². The van der Waals surface area contributed by atoms with Crippen molar-refractivity contribution < 1.29 is 18.9 Å². The number of hydrogen-bond donors (Lipinski definition) is 0. The van der Waals surface area contributed by atoms with Gasteiger partial charge in [0.05, 0.1) is 25.1 Å². The normalized spacial score (nSPS) is 13.0. The van der Waals surface area contributed by atoms with Crippen LogP contribution in [-0.2, 0) is 24.4 Å². The quantitative estimate of drug-likeness (QED) is 0.206. The van der Waals surface area contributed by atoms with Crippen LogP contribution in [0.25, 0.3) is 22.6 Å². The van der Waals surface area contributed by atoms with Crippen molar-refractivity contribution in [3.8, 4) is 39.9 Å². The van der Waals surface area contributed by atoms with E-state index in [1.54, 1.807) is 14.2 Å². The third-order valence-electron chi connectivity index (χ3n) is 7.07. The van der Waals surface area contributed by atoms with Crippen LogP contribution >= 0.6 is 0 Å². The maximum atomic E-state index is 5.89. The Morgan fingerprint density at radius 3 is 2.27 bits per heavy atom. The molecule has 0 amide bonds. The number of rotatable bonds is 11. The first-order valence-electron chi connectivity index (χ1n) is 14.2. The molecule has 0 fully saturated rings. The van der Waals surface area contributed by atoms with Crippen molar-refractivity contribution >= 4 is 0 Å². The molecule has 4 aromatic rings. The van der Waals surface area contributed by atoms with E-state index in [9.17, 15) is 0 Å². The second-order valence-corrected chi connectivity index (χ2v) is 11.7. The third kappa shape index (κ3) is 7.10. The van der Waals surface area contributed by atoms with Gasteiger partial charge in [-0.3, -0.25) is 4.90 Å². The molecular formula is C34H41N3O4. The van der Waals surface area contributed by atoms with E-state index in [0.717, 1.165) is 65.2 Å². The molecule has 0 saturated heterocycles. The first-order valence-corrected chi connectivity index (χ1v) is 14.2. The summed E-state index contributed by atoms with van der Waals surface area (Å²) in [7, 11) is 3.44. The third-order valence-corrected chi connectivity index (χ3v) is 7.07. The molecule has 2 heterocycles. The lowest BCUT2D eigenvalue weighted by atomic mass is 9.95. The highest BCUT2D eigenvalue weighted by Crippen LogP contribution is 2.34. The Labute approximate surface area is 243 Å². The van der Waals surface area contributed by atoms with E-state index in [-0.39, 0.29) is 5.41 Å². The van der Waals surface area contributed by atoms with E-state index in [4.69, 9.17) is 23.9 Å². The summed E-state index contributed by atoms with van der Waals surface area (Å²) in [6, 6.07) is 24.9. The molecular weight excluding hydrogens is 514 g/mol. The van der Waals surface area contributed by atoms with Crippen LogP contribution in [0, 0.1) is 5.41 Å². The second kappa shape index (κ2) is 12.8. The van der Waals surface area contributed by atoms with Gasteiger partial charge in [-0.15, -0.1) is 0 Å². The number of ether oxygens (including phenoxy) is 4. The topological polar surface area (TPSA) is 58.0 Å². The zero-order chi connectivity index (χ0) is 28.8. The minimum atomic E-state index is 0.0910. The molecule has 7 nitrogen and oxygen atoms in total. The number of methoxy groups -OCH3 is 2. The first kappa shape index (κ1) is 28.7. The molecule has 0 bridgehead atoms. The molecule has 0 aliphatic carbocycles. The predicted molar refractivity (Wildman–Crippen MR) is 163 cm³/mol. The Morgan fingerprint density at radius 2 is 1.59 bits per heavy atom. The van der Waals surface area contributed by atoms with Gasteiger partial charge in [-0.25, -0.2) is 4.98 Å². The Morgan fingerprint density at radius 1 is 0.854 bits per heavy atom. The Bertz CT molecular complexity index is 1430. The van der Waals surface area contributed by atoms with Crippen LogP contribution < -0.4 is 14.2 Å². The molecule has 1 aliphatic rings. The second-order valence-electron chi connectivity index (χ2n) is 11.7. The number of imidazole rings is 1. The molecule has 0 spiro atoms. The van der Waals surface area contributed by atoms with E-state index >= 15 is 0 Å². The number of benzene rings is 3. The van der Waals surface area contributed by atoms with Crippen molar-refractivity contribution in [2.24, 2.45) is 5.41 Å². The van der Waals surface area contributed by atoms with Gasteiger partial charge in [-0.1, -0.05) is 57.2 Å². The highest BCUT2D eigenvalue weighted by molar-refractivity contribution is 5.69. The molecule has 0 N–H and O–H groups in total. The van der Waals surface area contributed by atoms with Crippen LogP contribution in [-0.4, -0.2) is 55.0 Å². The molecule has 0 saturated carbocycles. The van der Waals surface area contributed by atoms with Gasteiger partial charge < -0.3 is 23.5 Å². The van der Waals surface area contributed by atoms with Crippen LogP contribution in [0.1, 0.15) is 32.0 Å². The summed E-state index contributed by atoms with van der Waals surface area (Å²) in [5, 5.41) is 0. The fourth-order valence-corrected chi connectivity index (χ4v) is 5.35. The molecule has 5 rings (SSSR count). The molecule has 0 atom stereocenters. The highest BCUT2D eigenvalue weighted by Gasteiger charge is 2.25. The monoisotopic (exact) mass is 555 g/mol.